The summed E-state index contributed by atoms with van der Waals surface area (Å²) in [6.45, 7) is 0. The van der Waals surface area contributed by atoms with E-state index in [1.54, 1.807) is 29.0 Å². The Bertz CT molecular complexity index is 1340. The first-order valence-corrected chi connectivity index (χ1v) is 9.79. The van der Waals surface area contributed by atoms with E-state index in [9.17, 15) is 9.50 Å². The van der Waals surface area contributed by atoms with Crippen LogP contribution in [0.5, 0.6) is 5.88 Å². The van der Waals surface area contributed by atoms with Crippen LogP contribution in [0.1, 0.15) is 22.7 Å². The molecule has 3 aromatic heterocycles. The number of fused-ring (bicyclic) bond motifs is 1. The highest BCUT2D eigenvalue weighted by Crippen LogP contribution is 2.29. The lowest BCUT2D eigenvalue weighted by molar-refractivity contribution is 0.438. The number of hydrogen-bond donors (Lipinski definition) is 2. The fourth-order valence-corrected chi connectivity index (χ4v) is 3.65. The molecular formula is C24H19FN4O2. The highest BCUT2D eigenvalue weighted by Gasteiger charge is 2.19. The van der Waals surface area contributed by atoms with Gasteiger partial charge in [-0.3, -0.25) is 4.40 Å². The second-order valence-electron chi connectivity index (χ2n) is 7.34. The van der Waals surface area contributed by atoms with Gasteiger partial charge in [0.2, 0.25) is 5.88 Å². The number of nitrogens with zero attached hydrogens (tertiary/aromatic N) is 3. The Hall–Kier alpha value is -4.13. The molecule has 0 bridgehead atoms. The number of halogens is 1. The predicted molar refractivity (Wildman–Crippen MR) is 115 cm³/mol. The highest BCUT2D eigenvalue weighted by molar-refractivity contribution is 5.66. The van der Waals surface area contributed by atoms with Crippen molar-refractivity contribution in [1.82, 2.24) is 14.4 Å². The summed E-state index contributed by atoms with van der Waals surface area (Å²) in [7, 11) is 0. The van der Waals surface area contributed by atoms with Crippen molar-refractivity contribution in [2.75, 3.05) is 5.73 Å². The number of imidazole rings is 1. The quantitative estimate of drug-likeness (QED) is 0.410. The summed E-state index contributed by atoms with van der Waals surface area (Å²) in [5, 5.41) is 10.9. The number of hydrogen-bond acceptors (Lipinski definition) is 5. The standard InChI is InChI=1S/C24H19FN4O2/c25-17-10-16(11-18(26)12-17)22-14-29-23(20(27-22)9-15-5-2-1-3-6-15)28-21(24(29)30)13-19-7-4-8-31-19/h1-8,10-12,14,30H,9,13,26H2. The van der Waals surface area contributed by atoms with Gasteiger partial charge >= 0.3 is 0 Å². The third-order valence-electron chi connectivity index (χ3n) is 5.07. The zero-order chi connectivity index (χ0) is 21.4. The van der Waals surface area contributed by atoms with E-state index < -0.39 is 5.82 Å². The van der Waals surface area contributed by atoms with Gasteiger partial charge in [0, 0.05) is 23.9 Å². The lowest BCUT2D eigenvalue weighted by atomic mass is 10.1. The van der Waals surface area contributed by atoms with Gasteiger partial charge in [-0.15, -0.1) is 0 Å². The second kappa shape index (κ2) is 7.60. The average molecular weight is 414 g/mol. The van der Waals surface area contributed by atoms with Gasteiger partial charge < -0.3 is 15.3 Å². The lowest BCUT2D eigenvalue weighted by Crippen LogP contribution is -2.01. The van der Waals surface area contributed by atoms with Crippen LogP contribution in [-0.2, 0) is 12.8 Å². The minimum atomic E-state index is -0.449. The zero-order valence-electron chi connectivity index (χ0n) is 16.5. The molecule has 0 aliphatic carbocycles. The van der Waals surface area contributed by atoms with Crippen molar-refractivity contribution in [3.05, 3.63) is 102 Å². The minimum absolute atomic E-state index is 0.00580. The summed E-state index contributed by atoms with van der Waals surface area (Å²) in [4.78, 5) is 9.40. The van der Waals surface area contributed by atoms with Gasteiger partial charge in [-0.25, -0.2) is 14.4 Å². The van der Waals surface area contributed by atoms with Gasteiger partial charge in [-0.05, 0) is 35.9 Å². The largest absolute Gasteiger partial charge is 0.493 e. The number of furan rings is 1. The summed E-state index contributed by atoms with van der Waals surface area (Å²) in [5.41, 5.74) is 9.86. The molecule has 31 heavy (non-hydrogen) atoms. The summed E-state index contributed by atoms with van der Waals surface area (Å²) < 4.78 is 21.0. The van der Waals surface area contributed by atoms with Crippen LogP contribution in [0, 0.1) is 5.82 Å². The highest BCUT2D eigenvalue weighted by atomic mass is 19.1. The Balaban J connectivity index is 1.68. The molecule has 3 heterocycles. The van der Waals surface area contributed by atoms with E-state index in [2.05, 4.69) is 4.98 Å². The number of nitrogens with two attached hydrogens (primary N) is 1. The van der Waals surface area contributed by atoms with Gasteiger partial charge in [0.25, 0.3) is 0 Å². The van der Waals surface area contributed by atoms with E-state index in [4.69, 9.17) is 15.1 Å². The molecule has 0 amide bonds. The van der Waals surface area contributed by atoms with Crippen LogP contribution >= 0.6 is 0 Å². The third-order valence-corrected chi connectivity index (χ3v) is 5.07. The van der Waals surface area contributed by atoms with E-state index in [1.165, 1.54) is 12.1 Å². The smallest absolute Gasteiger partial charge is 0.219 e. The molecule has 154 valence electrons. The maximum Gasteiger partial charge on any atom is 0.219 e. The van der Waals surface area contributed by atoms with Crippen LogP contribution in [0.15, 0.2) is 77.5 Å². The molecule has 6 nitrogen and oxygen atoms in total. The molecule has 0 unspecified atom stereocenters. The van der Waals surface area contributed by atoms with Crippen LogP contribution < -0.4 is 5.73 Å². The SMILES string of the molecule is Nc1cc(F)cc(-c2cn3c(O)c(Cc4ccco4)nc3c(Cc3ccccc3)n2)c1. The molecule has 0 fully saturated rings. The van der Waals surface area contributed by atoms with Crippen molar-refractivity contribution in [1.29, 1.82) is 0 Å². The number of rotatable bonds is 5. The molecule has 2 aromatic carbocycles. The van der Waals surface area contributed by atoms with Gasteiger partial charge in [-0.1, -0.05) is 30.3 Å². The Labute approximate surface area is 177 Å². The summed E-state index contributed by atoms with van der Waals surface area (Å²) >= 11 is 0. The van der Waals surface area contributed by atoms with E-state index in [0.29, 0.717) is 52.6 Å². The van der Waals surface area contributed by atoms with Gasteiger partial charge in [0.15, 0.2) is 5.65 Å². The molecule has 0 saturated carbocycles. The van der Waals surface area contributed by atoms with Crippen molar-refractivity contribution in [3.63, 3.8) is 0 Å². The molecule has 5 aromatic rings. The van der Waals surface area contributed by atoms with E-state index >= 15 is 0 Å². The van der Waals surface area contributed by atoms with Gasteiger partial charge in [0.05, 0.1) is 24.1 Å². The molecule has 3 N–H and O–H groups in total. The Morgan fingerprint density at radius 1 is 0.968 bits per heavy atom. The molecule has 0 aliphatic heterocycles. The number of anilines is 1. The molecule has 0 saturated heterocycles. The predicted octanol–water partition coefficient (Wildman–Crippen LogP) is 4.60. The number of benzene rings is 2. The number of aromatic hydroxyl groups is 1. The number of nitrogen functional groups attached to an aromatic ring is 1. The molecule has 7 heteroatoms. The Morgan fingerprint density at radius 2 is 1.81 bits per heavy atom. The number of aromatic nitrogens is 3. The van der Waals surface area contributed by atoms with Crippen molar-refractivity contribution >= 4 is 11.3 Å². The van der Waals surface area contributed by atoms with E-state index in [-0.39, 0.29) is 5.88 Å². The first-order chi connectivity index (χ1) is 15.1. The van der Waals surface area contributed by atoms with Crippen molar-refractivity contribution < 1.29 is 13.9 Å². The summed E-state index contributed by atoms with van der Waals surface area (Å²) in [6.07, 6.45) is 4.07. The zero-order valence-corrected chi connectivity index (χ0v) is 16.5. The maximum atomic E-state index is 14.0. The van der Waals surface area contributed by atoms with Crippen molar-refractivity contribution in [2.45, 2.75) is 12.8 Å². The van der Waals surface area contributed by atoms with Crippen LogP contribution in [-0.4, -0.2) is 19.5 Å². The molecular weight excluding hydrogens is 395 g/mol. The fraction of sp³-hybridized carbons (Fsp3) is 0.0833. The van der Waals surface area contributed by atoms with Crippen LogP contribution in [0.3, 0.4) is 0 Å². The molecule has 0 atom stereocenters. The molecule has 0 spiro atoms. The summed E-state index contributed by atoms with van der Waals surface area (Å²) in [6, 6.07) is 17.7. The van der Waals surface area contributed by atoms with Gasteiger partial charge in [0.1, 0.15) is 17.3 Å². The molecule has 5 rings (SSSR count). The Kier molecular flexibility index (Phi) is 4.63. The van der Waals surface area contributed by atoms with E-state index in [0.717, 1.165) is 5.56 Å². The first-order valence-electron chi connectivity index (χ1n) is 9.79. The lowest BCUT2D eigenvalue weighted by Gasteiger charge is -2.09. The average Bonchev–Trinajstić information content (AvgIpc) is 3.37. The van der Waals surface area contributed by atoms with Crippen molar-refractivity contribution in [2.24, 2.45) is 0 Å². The minimum Gasteiger partial charge on any atom is -0.493 e. The van der Waals surface area contributed by atoms with Crippen LogP contribution in [0.4, 0.5) is 10.1 Å². The third kappa shape index (κ3) is 3.73. The summed E-state index contributed by atoms with van der Waals surface area (Å²) in [5.74, 6) is 0.234. The first kappa shape index (κ1) is 18.9. The van der Waals surface area contributed by atoms with Gasteiger partial charge in [-0.2, -0.15) is 0 Å². The molecule has 0 radical (unpaired) electrons. The van der Waals surface area contributed by atoms with Crippen molar-refractivity contribution in [3.8, 4) is 17.1 Å². The van der Waals surface area contributed by atoms with Crippen LogP contribution in [0.2, 0.25) is 0 Å². The monoisotopic (exact) mass is 414 g/mol. The molecule has 0 aliphatic rings. The normalized spacial score (nSPS) is 11.3. The second-order valence-corrected chi connectivity index (χ2v) is 7.34. The fourth-order valence-electron chi connectivity index (χ4n) is 3.65. The maximum absolute atomic E-state index is 14.0. The Morgan fingerprint density at radius 3 is 2.55 bits per heavy atom. The topological polar surface area (TPSA) is 89.6 Å². The van der Waals surface area contributed by atoms with Crippen LogP contribution in [0.25, 0.3) is 16.9 Å². The van der Waals surface area contributed by atoms with E-state index in [1.807, 2.05) is 36.4 Å².